The van der Waals surface area contributed by atoms with E-state index in [2.05, 4.69) is 96.1 Å². The molecule has 2 heterocycles. The number of aliphatic hydroxyl groups excluding tert-OH is 1. The van der Waals surface area contributed by atoms with E-state index < -0.39 is 0 Å². The minimum atomic E-state index is -0.125. The van der Waals surface area contributed by atoms with Gasteiger partial charge < -0.3 is 9.52 Å². The molecule has 1 N–H and O–H groups in total. The van der Waals surface area contributed by atoms with Crippen LogP contribution in [0.4, 0.5) is 0 Å². The first-order valence-electron chi connectivity index (χ1n) is 14.5. The monoisotopic (exact) mass is 739 g/mol. The fraction of sp³-hybridized carbons (Fsp3) is 0.351. The van der Waals surface area contributed by atoms with Crippen LogP contribution >= 0.6 is 0 Å². The van der Waals surface area contributed by atoms with Gasteiger partial charge >= 0.3 is 0 Å². The Labute approximate surface area is 262 Å². The van der Waals surface area contributed by atoms with Crippen molar-refractivity contribution in [3.8, 4) is 11.3 Å². The van der Waals surface area contributed by atoms with Gasteiger partial charge in [-0.1, -0.05) is 70.7 Å². The van der Waals surface area contributed by atoms with Gasteiger partial charge in [-0.25, -0.2) is 0 Å². The summed E-state index contributed by atoms with van der Waals surface area (Å²) in [7, 11) is 0. The van der Waals surface area contributed by atoms with Gasteiger partial charge in [0.15, 0.2) is 5.78 Å². The van der Waals surface area contributed by atoms with Crippen LogP contribution in [0.3, 0.4) is 0 Å². The minimum absolute atomic E-state index is 0. The Morgan fingerprint density at radius 1 is 0.952 bits per heavy atom. The number of carbonyl (C=O) groups is 1. The zero-order chi connectivity index (χ0) is 29.7. The molecule has 42 heavy (non-hydrogen) atoms. The van der Waals surface area contributed by atoms with Gasteiger partial charge in [0.25, 0.3) is 0 Å². The van der Waals surface area contributed by atoms with Crippen molar-refractivity contribution in [2.75, 3.05) is 0 Å². The van der Waals surface area contributed by atoms with Gasteiger partial charge in [-0.2, -0.15) is 0 Å². The second kappa shape index (κ2) is 11.8. The van der Waals surface area contributed by atoms with Gasteiger partial charge in [-0.05, 0) is 72.8 Å². The summed E-state index contributed by atoms with van der Waals surface area (Å²) >= 11 is 0. The van der Waals surface area contributed by atoms with E-state index in [1.54, 1.807) is 0 Å². The van der Waals surface area contributed by atoms with Crippen molar-refractivity contribution in [3.05, 3.63) is 89.3 Å². The molecule has 5 aromatic rings. The molecule has 2 aromatic heterocycles. The van der Waals surface area contributed by atoms with Crippen molar-refractivity contribution in [2.24, 2.45) is 0 Å². The molecule has 0 amide bonds. The molecule has 1 radical (unpaired) electrons. The standard InChI is InChI=1S/C32H32NO.C5H8O2.Ir/c1-19(2)24-16-21(15-20-9-7-8-10-22(20)24)29-30-23(11-14-33-29)25-17-26-27(18-28(25)34-30)32(5,6)13-12-31(26,3)4;1-4(6)3-5(2)7;/h7-11,14,16-19H,12-13H2,1-6H3;3,6H,1-2H3;/q-1;;/b;4-3-;. The molecule has 0 unspecified atom stereocenters. The van der Waals surface area contributed by atoms with Crippen LogP contribution in [0, 0.1) is 6.07 Å². The third kappa shape index (κ3) is 5.96. The zero-order valence-corrected chi connectivity index (χ0v) is 28.2. The van der Waals surface area contributed by atoms with E-state index in [0.29, 0.717) is 5.92 Å². The molecular weight excluding hydrogens is 699 g/mol. The normalized spacial score (nSPS) is 15.7. The Hall–Kier alpha value is -3.27. The number of benzene rings is 3. The van der Waals surface area contributed by atoms with Gasteiger partial charge in [-0.15, -0.1) is 29.1 Å². The van der Waals surface area contributed by atoms with E-state index in [1.165, 1.54) is 60.2 Å². The number of hydrogen-bond donors (Lipinski definition) is 1. The van der Waals surface area contributed by atoms with Crippen molar-refractivity contribution in [3.63, 3.8) is 0 Å². The van der Waals surface area contributed by atoms with E-state index in [4.69, 9.17) is 14.5 Å². The summed E-state index contributed by atoms with van der Waals surface area (Å²) in [5.41, 5.74) is 8.19. The first kappa shape index (κ1) is 31.7. The molecule has 6 rings (SSSR count). The molecule has 3 aromatic carbocycles. The molecule has 1 aliphatic carbocycles. The van der Waals surface area contributed by atoms with Crippen LogP contribution in [0.15, 0.2) is 71.0 Å². The Morgan fingerprint density at radius 3 is 2.19 bits per heavy atom. The molecule has 0 fully saturated rings. The molecule has 0 bridgehead atoms. The maximum Gasteiger partial charge on any atom is 0.155 e. The van der Waals surface area contributed by atoms with Crippen molar-refractivity contribution in [1.29, 1.82) is 0 Å². The smallest absolute Gasteiger partial charge is 0.155 e. The Morgan fingerprint density at radius 2 is 1.60 bits per heavy atom. The van der Waals surface area contributed by atoms with Crippen molar-refractivity contribution in [1.82, 2.24) is 4.98 Å². The Kier molecular flexibility index (Phi) is 8.88. The number of carbonyl (C=O) groups excluding carboxylic acids is 1. The second-order valence-corrected chi connectivity index (χ2v) is 13.0. The van der Waals surface area contributed by atoms with E-state index in [-0.39, 0.29) is 42.5 Å². The number of fused-ring (bicyclic) bond motifs is 5. The second-order valence-electron chi connectivity index (χ2n) is 13.0. The average Bonchev–Trinajstić information content (AvgIpc) is 3.27. The predicted molar refractivity (Wildman–Crippen MR) is 170 cm³/mol. The van der Waals surface area contributed by atoms with Crippen molar-refractivity contribution in [2.45, 2.75) is 85.0 Å². The van der Waals surface area contributed by atoms with E-state index in [9.17, 15) is 4.79 Å². The van der Waals surface area contributed by atoms with Gasteiger partial charge in [-0.3, -0.25) is 9.78 Å². The fourth-order valence-electron chi connectivity index (χ4n) is 6.11. The third-order valence-corrected chi connectivity index (χ3v) is 8.46. The minimum Gasteiger partial charge on any atom is -0.512 e. The maximum absolute atomic E-state index is 10.0. The SMILES string of the molecule is CC(=O)/C=C(/C)O.CC(C)c1cc(-c2nccc3c2oc2cc4c(cc23)C(C)(C)CCC4(C)C)[c-]c2ccccc12.[Ir]. The summed E-state index contributed by atoms with van der Waals surface area (Å²) in [5, 5.41) is 13.1. The van der Waals surface area contributed by atoms with Gasteiger partial charge in [0.1, 0.15) is 11.2 Å². The number of pyridine rings is 1. The molecule has 0 saturated carbocycles. The van der Waals surface area contributed by atoms with Crippen LogP contribution in [-0.2, 0) is 35.7 Å². The number of nitrogens with zero attached hydrogens (tertiary/aromatic N) is 1. The zero-order valence-electron chi connectivity index (χ0n) is 25.8. The van der Waals surface area contributed by atoms with Crippen LogP contribution in [0.5, 0.6) is 0 Å². The number of allylic oxidation sites excluding steroid dienone is 2. The topological polar surface area (TPSA) is 63.3 Å². The number of rotatable bonds is 3. The predicted octanol–water partition coefficient (Wildman–Crippen LogP) is 10.1. The average molecular weight is 739 g/mol. The van der Waals surface area contributed by atoms with Gasteiger partial charge in [0, 0.05) is 48.8 Å². The van der Waals surface area contributed by atoms with Crippen molar-refractivity contribution >= 4 is 38.5 Å². The summed E-state index contributed by atoms with van der Waals surface area (Å²) in [6, 6.07) is 21.2. The molecule has 0 spiro atoms. The van der Waals surface area contributed by atoms with Crippen LogP contribution in [-0.4, -0.2) is 15.9 Å². The maximum atomic E-state index is 10.0. The van der Waals surface area contributed by atoms with E-state index in [0.717, 1.165) is 33.2 Å². The summed E-state index contributed by atoms with van der Waals surface area (Å²) in [5.74, 6) is 0.344. The molecule has 0 atom stereocenters. The number of aromatic nitrogens is 1. The molecule has 1 aliphatic rings. The number of furan rings is 1. The summed E-state index contributed by atoms with van der Waals surface area (Å²) in [6.07, 6.45) is 5.47. The molecule has 4 nitrogen and oxygen atoms in total. The third-order valence-electron chi connectivity index (χ3n) is 8.46. The molecule has 0 saturated heterocycles. The first-order valence-corrected chi connectivity index (χ1v) is 14.5. The van der Waals surface area contributed by atoms with Crippen LogP contribution in [0.25, 0.3) is 44.0 Å². The van der Waals surface area contributed by atoms with Crippen LogP contribution < -0.4 is 0 Å². The van der Waals surface area contributed by atoms with Crippen LogP contribution in [0.2, 0.25) is 0 Å². The molecular formula is C37H40IrNO3-. The molecule has 221 valence electrons. The van der Waals surface area contributed by atoms with Gasteiger partial charge in [0.2, 0.25) is 0 Å². The number of hydrogen-bond acceptors (Lipinski definition) is 4. The Balaban J connectivity index is 0.000000454. The molecule has 0 aliphatic heterocycles. The summed E-state index contributed by atoms with van der Waals surface area (Å²) in [4.78, 5) is 14.8. The number of aliphatic hydroxyl groups is 1. The van der Waals surface area contributed by atoms with Crippen molar-refractivity contribution < 1.29 is 34.4 Å². The fourth-order valence-corrected chi connectivity index (χ4v) is 6.11. The van der Waals surface area contributed by atoms with E-state index >= 15 is 0 Å². The quantitative estimate of drug-likeness (QED) is 0.114. The summed E-state index contributed by atoms with van der Waals surface area (Å²) < 4.78 is 6.60. The molecule has 5 heteroatoms. The van der Waals surface area contributed by atoms with E-state index in [1.807, 2.05) is 6.20 Å². The Bertz CT molecular complexity index is 1820. The first-order chi connectivity index (χ1) is 19.3. The van der Waals surface area contributed by atoms with Gasteiger partial charge in [0.05, 0.1) is 5.76 Å². The summed E-state index contributed by atoms with van der Waals surface area (Å²) in [6.45, 7) is 16.8. The number of ketones is 1. The van der Waals surface area contributed by atoms with Crippen LogP contribution in [0.1, 0.15) is 90.8 Å². The largest absolute Gasteiger partial charge is 0.512 e.